The molecule has 1 aromatic carbocycles. The number of anilines is 1. The second-order valence-electron chi connectivity index (χ2n) is 4.87. The van der Waals surface area contributed by atoms with E-state index in [1.54, 1.807) is 0 Å². The molecule has 0 bridgehead atoms. The summed E-state index contributed by atoms with van der Waals surface area (Å²) in [6.45, 7) is 2.44. The van der Waals surface area contributed by atoms with Crippen molar-refractivity contribution in [3.05, 3.63) is 46.8 Å². The van der Waals surface area contributed by atoms with Gasteiger partial charge in [-0.15, -0.1) is 0 Å². The predicted molar refractivity (Wildman–Crippen MR) is 80.5 cm³/mol. The van der Waals surface area contributed by atoms with Gasteiger partial charge in [-0.05, 0) is 17.5 Å². The van der Waals surface area contributed by atoms with Gasteiger partial charge in [0.15, 0.2) is 5.69 Å². The molecule has 21 heavy (non-hydrogen) atoms. The van der Waals surface area contributed by atoms with Gasteiger partial charge in [0.05, 0.1) is 18.0 Å². The maximum absolute atomic E-state index is 12.1. The standard InChI is InChI=1S/C15H20N4O2/c1-2-3-12-13(16)14(19-18-12)15(21)17-8-10-4-6-11(9-20)7-5-10/h4-7,20H,2-3,8-9,16H2,1H3,(H,17,21)(H,18,19). The Hall–Kier alpha value is -2.34. The number of hydrogen-bond acceptors (Lipinski definition) is 4. The van der Waals surface area contributed by atoms with Crippen LogP contribution >= 0.6 is 0 Å². The van der Waals surface area contributed by atoms with Crippen LogP contribution in [0.15, 0.2) is 24.3 Å². The molecule has 6 heteroatoms. The van der Waals surface area contributed by atoms with E-state index in [0.717, 1.165) is 29.7 Å². The molecule has 0 aliphatic carbocycles. The quantitative estimate of drug-likeness (QED) is 0.644. The summed E-state index contributed by atoms with van der Waals surface area (Å²) < 4.78 is 0. The van der Waals surface area contributed by atoms with Gasteiger partial charge in [0.2, 0.25) is 0 Å². The molecular weight excluding hydrogens is 268 g/mol. The number of nitrogens with zero attached hydrogens (tertiary/aromatic N) is 1. The Kier molecular flexibility index (Phi) is 4.94. The van der Waals surface area contributed by atoms with E-state index in [9.17, 15) is 4.79 Å². The van der Waals surface area contributed by atoms with Crippen molar-refractivity contribution in [3.8, 4) is 0 Å². The van der Waals surface area contributed by atoms with Crippen LogP contribution in [0, 0.1) is 0 Å². The highest BCUT2D eigenvalue weighted by molar-refractivity contribution is 5.97. The lowest BCUT2D eigenvalue weighted by Gasteiger charge is -2.05. The van der Waals surface area contributed by atoms with Crippen molar-refractivity contribution in [2.24, 2.45) is 0 Å². The summed E-state index contributed by atoms with van der Waals surface area (Å²) in [5.74, 6) is -0.294. The van der Waals surface area contributed by atoms with E-state index in [1.807, 2.05) is 31.2 Å². The summed E-state index contributed by atoms with van der Waals surface area (Å²) >= 11 is 0. The van der Waals surface area contributed by atoms with Gasteiger partial charge in [-0.1, -0.05) is 37.6 Å². The Labute approximate surface area is 123 Å². The first-order valence-electron chi connectivity index (χ1n) is 6.95. The number of benzene rings is 1. The van der Waals surface area contributed by atoms with Gasteiger partial charge >= 0.3 is 0 Å². The number of hydrogen-bond donors (Lipinski definition) is 4. The Morgan fingerprint density at radius 3 is 2.62 bits per heavy atom. The maximum Gasteiger partial charge on any atom is 0.274 e. The summed E-state index contributed by atoms with van der Waals surface area (Å²) in [6, 6.07) is 7.37. The molecule has 0 fully saturated rings. The summed E-state index contributed by atoms with van der Waals surface area (Å²) in [7, 11) is 0. The van der Waals surface area contributed by atoms with E-state index in [2.05, 4.69) is 15.5 Å². The Balaban J connectivity index is 1.97. The number of amides is 1. The van der Waals surface area contributed by atoms with Crippen molar-refractivity contribution in [1.29, 1.82) is 0 Å². The van der Waals surface area contributed by atoms with Gasteiger partial charge in [-0.25, -0.2) is 0 Å². The second kappa shape index (κ2) is 6.90. The molecule has 1 amide bonds. The van der Waals surface area contributed by atoms with Crippen LogP contribution in [0.4, 0.5) is 5.69 Å². The number of aryl methyl sites for hydroxylation is 1. The zero-order valence-corrected chi connectivity index (χ0v) is 12.0. The smallest absolute Gasteiger partial charge is 0.274 e. The fourth-order valence-electron chi connectivity index (χ4n) is 2.03. The van der Waals surface area contributed by atoms with Crippen molar-refractivity contribution in [1.82, 2.24) is 15.5 Å². The van der Waals surface area contributed by atoms with Gasteiger partial charge in [0.25, 0.3) is 5.91 Å². The molecule has 0 atom stereocenters. The number of H-pyrrole nitrogens is 1. The monoisotopic (exact) mass is 288 g/mol. The molecule has 0 spiro atoms. The third-order valence-electron chi connectivity index (χ3n) is 3.26. The average Bonchev–Trinajstić information content (AvgIpc) is 2.87. The zero-order chi connectivity index (χ0) is 15.2. The number of aromatic nitrogens is 2. The first-order chi connectivity index (χ1) is 10.2. The number of aliphatic hydroxyl groups excluding tert-OH is 1. The molecular formula is C15H20N4O2. The number of nitrogens with one attached hydrogen (secondary N) is 2. The molecule has 1 heterocycles. The van der Waals surface area contributed by atoms with Gasteiger partial charge < -0.3 is 16.2 Å². The predicted octanol–water partition coefficient (Wildman–Crippen LogP) is 1.37. The van der Waals surface area contributed by atoms with Gasteiger partial charge in [-0.2, -0.15) is 5.10 Å². The SMILES string of the molecule is CCCc1[nH]nc(C(=O)NCc2ccc(CO)cc2)c1N. The number of aromatic amines is 1. The van der Waals surface area contributed by atoms with Crippen LogP contribution in [0.5, 0.6) is 0 Å². The fraction of sp³-hybridized carbons (Fsp3) is 0.333. The van der Waals surface area contributed by atoms with Crippen LogP contribution in [0.1, 0.15) is 40.7 Å². The molecule has 0 aliphatic heterocycles. The summed E-state index contributed by atoms with van der Waals surface area (Å²) in [6.07, 6.45) is 1.71. The van der Waals surface area contributed by atoms with Crippen LogP contribution in [0.25, 0.3) is 0 Å². The zero-order valence-electron chi connectivity index (χ0n) is 12.0. The molecule has 0 saturated carbocycles. The molecule has 0 saturated heterocycles. The Bertz CT molecular complexity index is 605. The number of carbonyl (C=O) groups is 1. The lowest BCUT2D eigenvalue weighted by molar-refractivity contribution is 0.0946. The number of carbonyl (C=O) groups excluding carboxylic acids is 1. The molecule has 1 aromatic heterocycles. The van der Waals surface area contributed by atoms with Crippen LogP contribution in [0.3, 0.4) is 0 Å². The minimum Gasteiger partial charge on any atom is -0.395 e. The Morgan fingerprint density at radius 2 is 2.00 bits per heavy atom. The molecule has 2 rings (SSSR count). The molecule has 0 unspecified atom stereocenters. The van der Waals surface area contributed by atoms with E-state index in [-0.39, 0.29) is 18.2 Å². The van der Waals surface area contributed by atoms with Crippen LogP contribution in [0.2, 0.25) is 0 Å². The highest BCUT2D eigenvalue weighted by Gasteiger charge is 2.16. The van der Waals surface area contributed by atoms with Gasteiger partial charge in [0.1, 0.15) is 0 Å². The van der Waals surface area contributed by atoms with Crippen molar-refractivity contribution in [3.63, 3.8) is 0 Å². The van der Waals surface area contributed by atoms with E-state index < -0.39 is 0 Å². The molecule has 6 nitrogen and oxygen atoms in total. The van der Waals surface area contributed by atoms with Crippen molar-refractivity contribution >= 4 is 11.6 Å². The summed E-state index contributed by atoms with van der Waals surface area (Å²) in [5, 5.41) is 18.5. The second-order valence-corrected chi connectivity index (χ2v) is 4.87. The average molecular weight is 288 g/mol. The third-order valence-corrected chi connectivity index (χ3v) is 3.26. The van der Waals surface area contributed by atoms with E-state index in [0.29, 0.717) is 12.2 Å². The minimum absolute atomic E-state index is 0.0106. The molecule has 0 radical (unpaired) electrons. The number of nitrogens with two attached hydrogens (primary N) is 1. The first kappa shape index (κ1) is 15.1. The Morgan fingerprint density at radius 1 is 1.33 bits per heavy atom. The van der Waals surface area contributed by atoms with Crippen LogP contribution < -0.4 is 11.1 Å². The summed E-state index contributed by atoms with van der Waals surface area (Å²) in [4.78, 5) is 12.1. The van der Waals surface area contributed by atoms with E-state index in [4.69, 9.17) is 10.8 Å². The highest BCUT2D eigenvalue weighted by atomic mass is 16.3. The van der Waals surface area contributed by atoms with Gasteiger partial charge in [-0.3, -0.25) is 9.89 Å². The van der Waals surface area contributed by atoms with E-state index >= 15 is 0 Å². The number of rotatable bonds is 6. The number of nitrogen functional groups attached to an aromatic ring is 1. The molecule has 2 aromatic rings. The lowest BCUT2D eigenvalue weighted by atomic mass is 10.1. The van der Waals surface area contributed by atoms with Crippen molar-refractivity contribution in [2.45, 2.75) is 32.9 Å². The van der Waals surface area contributed by atoms with Crippen LogP contribution in [-0.4, -0.2) is 21.2 Å². The third kappa shape index (κ3) is 3.61. The minimum atomic E-state index is -0.294. The fourth-order valence-corrected chi connectivity index (χ4v) is 2.03. The summed E-state index contributed by atoms with van der Waals surface area (Å²) in [5.41, 5.74) is 9.16. The molecule has 112 valence electrons. The maximum atomic E-state index is 12.1. The topological polar surface area (TPSA) is 104 Å². The van der Waals surface area contributed by atoms with Gasteiger partial charge in [0, 0.05) is 6.54 Å². The van der Waals surface area contributed by atoms with Crippen molar-refractivity contribution in [2.75, 3.05) is 5.73 Å². The van der Waals surface area contributed by atoms with E-state index in [1.165, 1.54) is 0 Å². The van der Waals surface area contributed by atoms with Crippen LogP contribution in [-0.2, 0) is 19.6 Å². The first-order valence-corrected chi connectivity index (χ1v) is 6.95. The lowest BCUT2D eigenvalue weighted by Crippen LogP contribution is -2.24. The highest BCUT2D eigenvalue weighted by Crippen LogP contribution is 2.15. The number of aliphatic hydroxyl groups is 1. The van der Waals surface area contributed by atoms with Crippen molar-refractivity contribution < 1.29 is 9.90 Å². The molecule has 0 aliphatic rings. The molecule has 5 N–H and O–H groups in total. The normalized spacial score (nSPS) is 10.6. The largest absolute Gasteiger partial charge is 0.395 e.